The summed E-state index contributed by atoms with van der Waals surface area (Å²) < 4.78 is 10.9. The van der Waals surface area contributed by atoms with Crippen molar-refractivity contribution in [3.63, 3.8) is 0 Å². The van der Waals surface area contributed by atoms with E-state index < -0.39 is 95.2 Å². The van der Waals surface area contributed by atoms with E-state index in [1.54, 1.807) is 122 Å². The van der Waals surface area contributed by atoms with E-state index in [2.05, 4.69) is 26.3 Å². The van der Waals surface area contributed by atoms with E-state index in [0.29, 0.717) is 72.3 Å². The number of nitrogens with one attached hydrogen (secondary N) is 4. The minimum absolute atomic E-state index is 0.0603. The molecule has 22 heteroatoms. The van der Waals surface area contributed by atoms with Crippen LogP contribution in [0.25, 0.3) is 0 Å². The molecule has 0 saturated carbocycles. The van der Waals surface area contributed by atoms with Gasteiger partial charge in [0.05, 0.1) is 23.8 Å². The summed E-state index contributed by atoms with van der Waals surface area (Å²) in [6, 6.07) is 20.1. The van der Waals surface area contributed by atoms with Crippen LogP contribution in [0.15, 0.2) is 116 Å². The largest absolute Gasteiger partial charge is 0.461 e. The Morgan fingerprint density at radius 3 is 2.14 bits per heavy atom. The SMILES string of the molecule is CC/C=C/C(=O)OCC(C)(C)C(=O)C(=O)N1CCCC[C@H]1C(=O)OCc1cccc(NC(=O)CCC(=O)N[C@H](C(=O)N[C@@H](Cc2ccc(C(=O)Nc3cccnc3)cc2)C(=O)N(CCC)CC(=O)N(C)[C@@H](CC(C)C)C(=O)N(C)CC)c2ccccc2)c1. The lowest BCUT2D eigenvalue weighted by molar-refractivity contribution is -0.162. The number of ketones is 1. The van der Waals surface area contributed by atoms with Gasteiger partial charge in [0.15, 0.2) is 0 Å². The summed E-state index contributed by atoms with van der Waals surface area (Å²) in [6.45, 7) is 12.1. The summed E-state index contributed by atoms with van der Waals surface area (Å²) in [5, 5.41) is 11.1. The van der Waals surface area contributed by atoms with Crippen LogP contribution in [0.2, 0.25) is 0 Å². The number of carbonyl (C=O) groups excluding carboxylic acids is 11. The van der Waals surface area contributed by atoms with Gasteiger partial charge < -0.3 is 50.3 Å². The Bertz CT molecular complexity index is 3100. The molecule has 1 saturated heterocycles. The van der Waals surface area contributed by atoms with Crippen molar-refractivity contribution in [2.45, 2.75) is 137 Å². The minimum Gasteiger partial charge on any atom is -0.461 e. The number of Topliss-reactive ketones (excluding diaryl/α,β-unsaturated/α-hetero) is 1. The van der Waals surface area contributed by atoms with Gasteiger partial charge in [-0.25, -0.2) is 9.59 Å². The Morgan fingerprint density at radius 2 is 1.48 bits per heavy atom. The highest BCUT2D eigenvalue weighted by Gasteiger charge is 2.42. The smallest absolute Gasteiger partial charge is 0.330 e. The van der Waals surface area contributed by atoms with Crippen molar-refractivity contribution >= 4 is 76.4 Å². The van der Waals surface area contributed by atoms with Crippen molar-refractivity contribution in [3.05, 3.63) is 138 Å². The molecule has 0 aliphatic carbocycles. The fourth-order valence-electron chi connectivity index (χ4n) is 9.65. The number of carbonyl (C=O) groups is 11. The second-order valence-electron chi connectivity index (χ2n) is 22.8. The Morgan fingerprint density at radius 1 is 0.773 bits per heavy atom. The molecular formula is C66H85N9O13. The van der Waals surface area contributed by atoms with Crippen molar-refractivity contribution in [2.75, 3.05) is 57.5 Å². The van der Waals surface area contributed by atoms with Gasteiger partial charge in [0.25, 0.3) is 11.8 Å². The van der Waals surface area contributed by atoms with E-state index in [9.17, 15) is 52.7 Å². The van der Waals surface area contributed by atoms with Gasteiger partial charge >= 0.3 is 11.9 Å². The van der Waals surface area contributed by atoms with E-state index in [1.165, 1.54) is 40.8 Å². The number of likely N-dealkylation sites (N-methyl/N-ethyl adjacent to an activating group) is 2. The number of benzene rings is 3. The molecule has 0 bridgehead atoms. The normalized spacial score (nSPS) is 14.1. The zero-order valence-corrected chi connectivity index (χ0v) is 52.0. The van der Waals surface area contributed by atoms with E-state index in [-0.39, 0.29) is 63.8 Å². The topological polar surface area (TPSA) is 280 Å². The number of ether oxygens (including phenoxy) is 2. The van der Waals surface area contributed by atoms with E-state index in [0.717, 1.165) is 0 Å². The van der Waals surface area contributed by atoms with Gasteiger partial charge in [-0.05, 0) is 118 Å². The van der Waals surface area contributed by atoms with Gasteiger partial charge in [0, 0.05) is 76.5 Å². The van der Waals surface area contributed by atoms with Crippen LogP contribution in [0.3, 0.4) is 0 Å². The standard InChI is InChI=1S/C66H85N9O13/c1-10-13-27-57(79)88-43-66(6,7)59(80)64(85)75-36-18-17-26-52(75)65(86)87-42-46-21-19-24-49(38-46)68-54(76)32-33-55(77)71-58(47-22-15-14-16-23-47)61(82)70-51(39-45-28-30-48(31-29-45)60(81)69-50-25-20-34-67-40-50)62(83)74(35-11-2)41-56(78)73(9)53(37-44(4)5)63(84)72(8)12-3/h13-16,19-25,27-31,34,38,40,44,51-53,58H,10-12,17-18,26,32-33,35-37,39,41-43H2,1-9H3,(H,68,76)(H,69,81)(H,70,82)(H,71,77)/b27-13+/t51-,52-,53-,58-/m0/s1. The first-order valence-electron chi connectivity index (χ1n) is 29.9. The summed E-state index contributed by atoms with van der Waals surface area (Å²) in [5.41, 5.74) is 1.16. The molecule has 4 atom stereocenters. The van der Waals surface area contributed by atoms with E-state index in [4.69, 9.17) is 9.47 Å². The van der Waals surface area contributed by atoms with Crippen LogP contribution in [0.5, 0.6) is 0 Å². The summed E-state index contributed by atoms with van der Waals surface area (Å²) in [7, 11) is 3.20. The zero-order valence-electron chi connectivity index (χ0n) is 52.0. The summed E-state index contributed by atoms with van der Waals surface area (Å²) >= 11 is 0. The Hall–Kier alpha value is -9.08. The van der Waals surface area contributed by atoms with Gasteiger partial charge in [-0.15, -0.1) is 0 Å². The number of amides is 8. The number of rotatable bonds is 31. The highest BCUT2D eigenvalue weighted by Crippen LogP contribution is 2.26. The van der Waals surface area contributed by atoms with Crippen molar-refractivity contribution in [1.29, 1.82) is 0 Å². The van der Waals surface area contributed by atoms with Crippen LogP contribution >= 0.6 is 0 Å². The van der Waals surface area contributed by atoms with E-state index in [1.807, 2.05) is 34.6 Å². The number of nitrogens with zero attached hydrogens (tertiary/aromatic N) is 5. The molecule has 2 heterocycles. The molecule has 5 rings (SSSR count). The number of allylic oxidation sites excluding steroid dienone is 1. The van der Waals surface area contributed by atoms with E-state index >= 15 is 0 Å². The average molecular weight is 1210 g/mol. The lowest BCUT2D eigenvalue weighted by Crippen LogP contribution is -2.56. The van der Waals surface area contributed by atoms with Crippen LogP contribution in [0.4, 0.5) is 11.4 Å². The van der Waals surface area contributed by atoms with Gasteiger partial charge in [-0.2, -0.15) is 0 Å². The predicted molar refractivity (Wildman–Crippen MR) is 330 cm³/mol. The van der Waals surface area contributed by atoms with Crippen LogP contribution in [-0.2, 0) is 70.4 Å². The third-order valence-corrected chi connectivity index (χ3v) is 14.8. The predicted octanol–water partition coefficient (Wildman–Crippen LogP) is 6.76. The molecule has 3 aromatic carbocycles. The molecule has 8 amide bonds. The van der Waals surface area contributed by atoms with Crippen molar-refractivity contribution in [2.24, 2.45) is 11.3 Å². The quantitative estimate of drug-likeness (QED) is 0.0230. The maximum atomic E-state index is 14.9. The first-order chi connectivity index (χ1) is 42.0. The third-order valence-electron chi connectivity index (χ3n) is 14.8. The second kappa shape index (κ2) is 34.3. The molecule has 22 nitrogen and oxygen atoms in total. The van der Waals surface area contributed by atoms with Gasteiger partial charge in [-0.1, -0.05) is 88.4 Å². The molecule has 1 fully saturated rings. The first kappa shape index (κ1) is 69.7. The minimum atomic E-state index is -1.37. The van der Waals surface area contributed by atoms with Gasteiger partial charge in [-0.3, -0.25) is 48.1 Å². The highest BCUT2D eigenvalue weighted by atomic mass is 16.5. The monoisotopic (exact) mass is 1210 g/mol. The molecule has 1 aliphatic rings. The fraction of sp³-hybridized carbons (Fsp3) is 0.455. The zero-order chi connectivity index (χ0) is 64.5. The van der Waals surface area contributed by atoms with Crippen LogP contribution in [-0.4, -0.2) is 155 Å². The lowest BCUT2D eigenvalue weighted by Gasteiger charge is -2.35. The van der Waals surface area contributed by atoms with Gasteiger partial charge in [0.2, 0.25) is 41.2 Å². The molecule has 4 N–H and O–H groups in total. The number of anilines is 2. The molecule has 1 aromatic heterocycles. The van der Waals surface area contributed by atoms with Gasteiger partial charge in [0.1, 0.15) is 37.4 Å². The van der Waals surface area contributed by atoms with Crippen LogP contribution in [0.1, 0.15) is 133 Å². The summed E-state index contributed by atoms with van der Waals surface area (Å²) in [6.07, 6.45) is 8.04. The highest BCUT2D eigenvalue weighted by molar-refractivity contribution is 6.38. The number of esters is 2. The third kappa shape index (κ3) is 21.1. The lowest BCUT2D eigenvalue weighted by atomic mass is 9.87. The summed E-state index contributed by atoms with van der Waals surface area (Å²) in [5.74, 6) is -6.72. The number of hydrogen-bond donors (Lipinski definition) is 4. The molecular weight excluding hydrogens is 1130 g/mol. The number of hydrogen-bond acceptors (Lipinski definition) is 14. The van der Waals surface area contributed by atoms with Crippen molar-refractivity contribution < 1.29 is 62.2 Å². The molecule has 472 valence electrons. The van der Waals surface area contributed by atoms with Crippen LogP contribution in [0, 0.1) is 11.3 Å². The fourth-order valence-corrected chi connectivity index (χ4v) is 9.65. The molecule has 1 aliphatic heterocycles. The van der Waals surface area contributed by atoms with Crippen molar-refractivity contribution in [3.8, 4) is 0 Å². The Kier molecular flexibility index (Phi) is 27.2. The molecule has 4 aromatic rings. The molecule has 0 unspecified atom stereocenters. The Labute approximate surface area is 515 Å². The number of aromatic nitrogens is 1. The first-order valence-corrected chi connectivity index (χ1v) is 29.9. The average Bonchev–Trinajstić information content (AvgIpc) is 3.10. The summed E-state index contributed by atoms with van der Waals surface area (Å²) in [4.78, 5) is 160. The number of pyridine rings is 1. The Balaban J connectivity index is 1.28. The maximum Gasteiger partial charge on any atom is 0.330 e. The molecule has 88 heavy (non-hydrogen) atoms. The number of piperidine rings is 1. The molecule has 0 radical (unpaired) electrons. The van der Waals surface area contributed by atoms with Crippen LogP contribution < -0.4 is 21.3 Å². The maximum absolute atomic E-state index is 14.9. The second-order valence-corrected chi connectivity index (χ2v) is 22.8. The van der Waals surface area contributed by atoms with Crippen molar-refractivity contribution in [1.82, 2.24) is 35.2 Å². The molecule has 0 spiro atoms. The number of likely N-dealkylation sites (tertiary alicyclic amines) is 1.